The lowest BCUT2D eigenvalue weighted by Gasteiger charge is -2.10. The number of rotatable bonds is 8. The summed E-state index contributed by atoms with van der Waals surface area (Å²) in [6.07, 6.45) is 2.89. The Bertz CT molecular complexity index is 365. The molecule has 4 heteroatoms. The van der Waals surface area contributed by atoms with E-state index in [2.05, 4.69) is 11.9 Å². The molecule has 0 bridgehead atoms. The molecule has 1 aromatic rings. The highest BCUT2D eigenvalue weighted by molar-refractivity contribution is 5.81. The zero-order valence-electron chi connectivity index (χ0n) is 10.5. The number of ether oxygens (including phenoxy) is 1. The first-order chi connectivity index (χ1) is 8.74. The summed E-state index contributed by atoms with van der Waals surface area (Å²) in [5.41, 5.74) is 5.62. The van der Waals surface area contributed by atoms with Crippen LogP contribution in [0, 0.1) is 0 Å². The number of para-hydroxylation sites is 1. The Kier molecular flexibility index (Phi) is 6.58. The van der Waals surface area contributed by atoms with Gasteiger partial charge in [-0.3, -0.25) is 4.79 Å². The van der Waals surface area contributed by atoms with Crippen molar-refractivity contribution in [2.24, 2.45) is 5.73 Å². The minimum Gasteiger partial charge on any atom is -0.494 e. The fourth-order valence-corrected chi connectivity index (χ4v) is 1.41. The van der Waals surface area contributed by atoms with Crippen LogP contribution in [0.2, 0.25) is 0 Å². The number of carbonyl (C=O) groups excluding carboxylic acids is 1. The van der Waals surface area contributed by atoms with E-state index in [1.807, 2.05) is 30.3 Å². The maximum atomic E-state index is 11.4. The van der Waals surface area contributed by atoms with Gasteiger partial charge in [0.15, 0.2) is 0 Å². The van der Waals surface area contributed by atoms with Crippen molar-refractivity contribution in [2.45, 2.75) is 18.9 Å². The topological polar surface area (TPSA) is 64.4 Å². The van der Waals surface area contributed by atoms with E-state index in [9.17, 15) is 4.79 Å². The van der Waals surface area contributed by atoms with Crippen LogP contribution in [0.15, 0.2) is 43.0 Å². The number of carbonyl (C=O) groups is 1. The van der Waals surface area contributed by atoms with Crippen molar-refractivity contribution in [3.63, 3.8) is 0 Å². The molecule has 0 saturated carbocycles. The lowest BCUT2D eigenvalue weighted by molar-refractivity contribution is -0.122. The van der Waals surface area contributed by atoms with Crippen LogP contribution in [-0.4, -0.2) is 25.1 Å². The summed E-state index contributed by atoms with van der Waals surface area (Å²) in [4.78, 5) is 11.4. The van der Waals surface area contributed by atoms with Crippen molar-refractivity contribution in [1.29, 1.82) is 0 Å². The highest BCUT2D eigenvalue weighted by atomic mass is 16.5. The molecule has 98 valence electrons. The summed E-state index contributed by atoms with van der Waals surface area (Å²) in [5, 5.41) is 2.76. The summed E-state index contributed by atoms with van der Waals surface area (Å²) in [5.74, 6) is 0.696. The van der Waals surface area contributed by atoms with Crippen LogP contribution >= 0.6 is 0 Å². The molecule has 4 nitrogen and oxygen atoms in total. The molecule has 1 unspecified atom stereocenters. The van der Waals surface area contributed by atoms with Crippen molar-refractivity contribution < 1.29 is 9.53 Å². The fraction of sp³-hybridized carbons (Fsp3) is 0.357. The summed E-state index contributed by atoms with van der Waals surface area (Å²) >= 11 is 0. The van der Waals surface area contributed by atoms with Crippen LogP contribution in [0.5, 0.6) is 5.75 Å². The molecule has 0 aliphatic heterocycles. The van der Waals surface area contributed by atoms with E-state index < -0.39 is 6.04 Å². The van der Waals surface area contributed by atoms with Crippen molar-refractivity contribution in [2.75, 3.05) is 13.2 Å². The van der Waals surface area contributed by atoms with E-state index in [4.69, 9.17) is 10.5 Å². The van der Waals surface area contributed by atoms with Gasteiger partial charge in [-0.2, -0.15) is 0 Å². The highest BCUT2D eigenvalue weighted by Gasteiger charge is 2.09. The summed E-state index contributed by atoms with van der Waals surface area (Å²) in [6.45, 7) is 4.68. The van der Waals surface area contributed by atoms with Gasteiger partial charge in [0.2, 0.25) is 5.91 Å². The van der Waals surface area contributed by atoms with Crippen LogP contribution in [0.4, 0.5) is 0 Å². The van der Waals surface area contributed by atoms with Gasteiger partial charge in [0, 0.05) is 6.54 Å². The molecule has 1 rings (SSSR count). The van der Waals surface area contributed by atoms with E-state index >= 15 is 0 Å². The molecular weight excluding hydrogens is 228 g/mol. The Morgan fingerprint density at radius 2 is 2.17 bits per heavy atom. The van der Waals surface area contributed by atoms with Gasteiger partial charge < -0.3 is 15.8 Å². The lowest BCUT2D eigenvalue weighted by Crippen LogP contribution is -2.40. The van der Waals surface area contributed by atoms with Crippen LogP contribution in [0.3, 0.4) is 0 Å². The molecule has 0 radical (unpaired) electrons. The summed E-state index contributed by atoms with van der Waals surface area (Å²) in [6, 6.07) is 9.08. The molecule has 1 aromatic carbocycles. The first-order valence-corrected chi connectivity index (χ1v) is 6.06. The Morgan fingerprint density at radius 3 is 2.83 bits per heavy atom. The summed E-state index contributed by atoms with van der Waals surface area (Å²) < 4.78 is 5.50. The van der Waals surface area contributed by atoms with Crippen LogP contribution in [-0.2, 0) is 4.79 Å². The Labute approximate surface area is 108 Å². The highest BCUT2D eigenvalue weighted by Crippen LogP contribution is 2.07. The van der Waals surface area contributed by atoms with Gasteiger partial charge >= 0.3 is 0 Å². The molecule has 0 spiro atoms. The molecule has 0 fully saturated rings. The maximum absolute atomic E-state index is 11.4. The number of hydrogen-bond donors (Lipinski definition) is 2. The summed E-state index contributed by atoms with van der Waals surface area (Å²) in [7, 11) is 0. The molecule has 0 aromatic heterocycles. The lowest BCUT2D eigenvalue weighted by atomic mass is 10.2. The second-order valence-electron chi connectivity index (χ2n) is 3.94. The third-order valence-corrected chi connectivity index (χ3v) is 2.39. The van der Waals surface area contributed by atoms with E-state index in [1.54, 1.807) is 6.08 Å². The van der Waals surface area contributed by atoms with E-state index in [0.717, 1.165) is 12.2 Å². The second kappa shape index (κ2) is 8.31. The second-order valence-corrected chi connectivity index (χ2v) is 3.94. The SMILES string of the molecule is C=CCC(N)C(=O)NCCCOc1ccccc1. The molecule has 3 N–H and O–H groups in total. The zero-order chi connectivity index (χ0) is 13.2. The van der Waals surface area contributed by atoms with E-state index in [1.165, 1.54) is 0 Å². The average molecular weight is 248 g/mol. The van der Waals surface area contributed by atoms with Crippen molar-refractivity contribution in [3.8, 4) is 5.75 Å². The third kappa shape index (κ3) is 5.50. The average Bonchev–Trinajstić information content (AvgIpc) is 2.39. The monoisotopic (exact) mass is 248 g/mol. The smallest absolute Gasteiger partial charge is 0.237 e. The van der Waals surface area contributed by atoms with E-state index in [0.29, 0.717) is 19.6 Å². The predicted molar refractivity (Wildman–Crippen MR) is 72.4 cm³/mol. The maximum Gasteiger partial charge on any atom is 0.237 e. The number of nitrogens with one attached hydrogen (secondary N) is 1. The van der Waals surface area contributed by atoms with Crippen LogP contribution in [0.1, 0.15) is 12.8 Å². The predicted octanol–water partition coefficient (Wildman–Crippen LogP) is 1.48. The molecule has 18 heavy (non-hydrogen) atoms. The number of benzene rings is 1. The minimum atomic E-state index is -0.502. The first kappa shape index (κ1) is 14.3. The minimum absolute atomic E-state index is 0.144. The van der Waals surface area contributed by atoms with E-state index in [-0.39, 0.29) is 5.91 Å². The van der Waals surface area contributed by atoms with Crippen LogP contribution < -0.4 is 15.8 Å². The molecule has 1 atom stereocenters. The van der Waals surface area contributed by atoms with Gasteiger partial charge in [-0.25, -0.2) is 0 Å². The van der Waals surface area contributed by atoms with Crippen molar-refractivity contribution in [3.05, 3.63) is 43.0 Å². The van der Waals surface area contributed by atoms with Gasteiger partial charge in [0.25, 0.3) is 0 Å². The van der Waals surface area contributed by atoms with Gasteiger partial charge in [-0.15, -0.1) is 6.58 Å². The van der Waals surface area contributed by atoms with Gasteiger partial charge in [0.1, 0.15) is 5.75 Å². The largest absolute Gasteiger partial charge is 0.494 e. The standard InChI is InChI=1S/C14H20N2O2/c1-2-7-13(15)14(17)16-10-6-11-18-12-8-4-3-5-9-12/h2-5,8-9,13H,1,6-7,10-11,15H2,(H,16,17). The van der Waals surface area contributed by atoms with Crippen LogP contribution in [0.25, 0.3) is 0 Å². The quantitative estimate of drug-likeness (QED) is 0.541. The van der Waals surface area contributed by atoms with Crippen molar-refractivity contribution >= 4 is 5.91 Å². The van der Waals surface area contributed by atoms with Gasteiger partial charge in [0.05, 0.1) is 12.6 Å². The fourth-order valence-electron chi connectivity index (χ4n) is 1.41. The Balaban J connectivity index is 2.08. The molecule has 0 aliphatic rings. The number of hydrogen-bond acceptors (Lipinski definition) is 3. The Morgan fingerprint density at radius 1 is 1.44 bits per heavy atom. The molecule has 0 aliphatic carbocycles. The Hall–Kier alpha value is -1.81. The normalized spacial score (nSPS) is 11.6. The number of nitrogens with two attached hydrogens (primary N) is 1. The zero-order valence-corrected chi connectivity index (χ0v) is 10.5. The van der Waals surface area contributed by atoms with Crippen molar-refractivity contribution in [1.82, 2.24) is 5.32 Å². The molecular formula is C14H20N2O2. The molecule has 1 amide bonds. The van der Waals surface area contributed by atoms with Gasteiger partial charge in [-0.05, 0) is 25.0 Å². The first-order valence-electron chi connectivity index (χ1n) is 6.06. The molecule has 0 saturated heterocycles. The third-order valence-electron chi connectivity index (χ3n) is 2.39. The molecule has 0 heterocycles. The number of amides is 1. The van der Waals surface area contributed by atoms with Gasteiger partial charge in [-0.1, -0.05) is 24.3 Å².